The fraction of sp³-hybridized carbons (Fsp3) is 0.194. The average molecular weight is 613 g/mol. The number of hydrogen-bond donors (Lipinski definition) is 4. The second-order valence-corrected chi connectivity index (χ2v) is 13.4. The summed E-state index contributed by atoms with van der Waals surface area (Å²) in [6, 6.07) is 13.7. The normalized spacial score (nSPS) is 12.2. The number of para-hydroxylation sites is 1. The second kappa shape index (κ2) is 10.9. The minimum Gasteiger partial charge on any atom is -0.337 e. The van der Waals surface area contributed by atoms with Crippen molar-refractivity contribution in [2.45, 2.75) is 27.3 Å². The van der Waals surface area contributed by atoms with Gasteiger partial charge in [-0.2, -0.15) is 5.10 Å². The predicted octanol–water partition coefficient (Wildman–Crippen LogP) is 5.40. The molecule has 0 spiro atoms. The minimum absolute atomic E-state index is 0.0403. The Morgan fingerprint density at radius 2 is 1.80 bits per heavy atom. The number of carbonyl (C=O) groups is 1. The number of sulfonamides is 1. The van der Waals surface area contributed by atoms with Crippen molar-refractivity contribution in [1.29, 1.82) is 0 Å². The van der Waals surface area contributed by atoms with Crippen molar-refractivity contribution in [3.05, 3.63) is 78.5 Å². The number of anilines is 1. The maximum atomic E-state index is 14.6. The van der Waals surface area contributed by atoms with Gasteiger partial charge in [-0.25, -0.2) is 27.5 Å². The van der Waals surface area contributed by atoms with Crippen LogP contribution in [-0.4, -0.2) is 50.7 Å². The fourth-order valence-electron chi connectivity index (χ4n) is 4.73. The number of nitrogens with zero attached hydrogens (tertiary/aromatic N) is 4. The van der Waals surface area contributed by atoms with Gasteiger partial charge in [0.05, 0.1) is 34.6 Å². The van der Waals surface area contributed by atoms with Crippen LogP contribution in [0.25, 0.3) is 55.8 Å². The third-order valence-corrected chi connectivity index (χ3v) is 7.64. The van der Waals surface area contributed by atoms with Gasteiger partial charge < -0.3 is 10.3 Å². The zero-order valence-corrected chi connectivity index (χ0v) is 25.2. The van der Waals surface area contributed by atoms with Crippen molar-refractivity contribution in [1.82, 2.24) is 34.9 Å². The average Bonchev–Trinajstić information content (AvgIpc) is 3.59. The molecule has 2 aromatic carbocycles. The van der Waals surface area contributed by atoms with Gasteiger partial charge in [0.25, 0.3) is 0 Å². The molecule has 0 fully saturated rings. The van der Waals surface area contributed by atoms with Gasteiger partial charge in [0.15, 0.2) is 11.5 Å². The number of pyridine rings is 2. The van der Waals surface area contributed by atoms with Gasteiger partial charge in [0, 0.05) is 41.0 Å². The molecule has 0 unspecified atom stereocenters. The van der Waals surface area contributed by atoms with Crippen LogP contribution in [0.3, 0.4) is 0 Å². The monoisotopic (exact) mass is 612 g/mol. The number of hydrogen-bond acceptors (Lipinski definition) is 7. The topological polar surface area (TPSA) is 158 Å². The van der Waals surface area contributed by atoms with Gasteiger partial charge in [-0.15, -0.1) is 0 Å². The Kier molecular flexibility index (Phi) is 7.22. The zero-order valence-electron chi connectivity index (χ0n) is 24.4. The van der Waals surface area contributed by atoms with Crippen LogP contribution in [0.1, 0.15) is 26.3 Å². The van der Waals surface area contributed by atoms with E-state index in [9.17, 15) is 17.6 Å². The summed E-state index contributed by atoms with van der Waals surface area (Å²) >= 11 is 0. The second-order valence-electron chi connectivity index (χ2n) is 11.6. The van der Waals surface area contributed by atoms with Crippen LogP contribution in [0.5, 0.6) is 0 Å². The molecule has 0 aliphatic heterocycles. The van der Waals surface area contributed by atoms with Gasteiger partial charge in [0.1, 0.15) is 11.5 Å². The summed E-state index contributed by atoms with van der Waals surface area (Å²) in [5.74, 6) is -0.127. The fourth-order valence-corrected chi connectivity index (χ4v) is 5.16. The van der Waals surface area contributed by atoms with Gasteiger partial charge >= 0.3 is 0 Å². The molecule has 6 rings (SSSR count). The molecule has 0 bridgehead atoms. The lowest BCUT2D eigenvalue weighted by Gasteiger charge is -2.17. The smallest absolute Gasteiger partial charge is 0.229 e. The molecule has 4 heterocycles. The van der Waals surface area contributed by atoms with Crippen molar-refractivity contribution < 1.29 is 17.6 Å². The van der Waals surface area contributed by atoms with E-state index in [4.69, 9.17) is 4.98 Å². The highest BCUT2D eigenvalue weighted by atomic mass is 32.2. The molecule has 44 heavy (non-hydrogen) atoms. The Morgan fingerprint density at radius 1 is 1.00 bits per heavy atom. The summed E-state index contributed by atoms with van der Waals surface area (Å²) in [6.07, 6.45) is 6.05. The number of amides is 1. The predicted molar refractivity (Wildman–Crippen MR) is 167 cm³/mol. The number of aromatic amines is 2. The number of carbonyl (C=O) groups excluding carboxylic acids is 1. The molecular weight excluding hydrogens is 583 g/mol. The van der Waals surface area contributed by atoms with E-state index in [0.717, 1.165) is 17.4 Å². The highest BCUT2D eigenvalue weighted by Crippen LogP contribution is 2.33. The minimum atomic E-state index is -3.45. The van der Waals surface area contributed by atoms with Gasteiger partial charge in [-0.1, -0.05) is 32.9 Å². The maximum Gasteiger partial charge on any atom is 0.229 e. The standard InChI is InChI=1S/C31H29FN8O3S/c1-31(2,3)30(41)36-22-11-19(14-33-16-22)20-12-24-27(39-40-28(24)34-15-20)29-37-25-7-5-6-23(26(25)38-29)18-8-17(9-21(32)10-18)13-35-44(4,42)43/h5-12,14-16,35H,13H2,1-4H3,(H,36,41)(H,37,38)(H,34,39,40). The molecule has 4 aromatic heterocycles. The summed E-state index contributed by atoms with van der Waals surface area (Å²) in [7, 11) is -3.45. The molecule has 224 valence electrons. The first-order valence-electron chi connectivity index (χ1n) is 13.7. The van der Waals surface area contributed by atoms with Crippen LogP contribution in [0.2, 0.25) is 0 Å². The Labute approximate surface area is 252 Å². The van der Waals surface area contributed by atoms with Crippen molar-refractivity contribution >= 4 is 43.7 Å². The Bertz CT molecular complexity index is 2170. The number of halogens is 1. The molecule has 6 aromatic rings. The van der Waals surface area contributed by atoms with E-state index < -0.39 is 21.3 Å². The maximum absolute atomic E-state index is 14.6. The van der Waals surface area contributed by atoms with Crippen LogP contribution in [0, 0.1) is 11.2 Å². The van der Waals surface area contributed by atoms with Gasteiger partial charge in [-0.05, 0) is 47.5 Å². The molecule has 0 saturated heterocycles. The van der Waals surface area contributed by atoms with Crippen LogP contribution in [0.15, 0.2) is 67.1 Å². The highest BCUT2D eigenvalue weighted by molar-refractivity contribution is 7.88. The number of nitrogens with one attached hydrogen (secondary N) is 4. The van der Waals surface area contributed by atoms with Crippen LogP contribution >= 0.6 is 0 Å². The molecule has 1 amide bonds. The molecule has 13 heteroatoms. The van der Waals surface area contributed by atoms with Crippen molar-refractivity contribution in [2.75, 3.05) is 11.6 Å². The highest BCUT2D eigenvalue weighted by Gasteiger charge is 2.22. The molecule has 11 nitrogen and oxygen atoms in total. The van der Waals surface area contributed by atoms with E-state index in [1.807, 2.05) is 51.1 Å². The van der Waals surface area contributed by atoms with Gasteiger partial charge in [0.2, 0.25) is 15.9 Å². The molecule has 0 radical (unpaired) electrons. The summed E-state index contributed by atoms with van der Waals surface area (Å²) in [6.45, 7) is 5.48. The summed E-state index contributed by atoms with van der Waals surface area (Å²) < 4.78 is 40.1. The Hall–Kier alpha value is -5.01. The number of aromatic nitrogens is 6. The first kappa shape index (κ1) is 29.1. The number of rotatable bonds is 7. The quantitative estimate of drug-likeness (QED) is 0.188. The summed E-state index contributed by atoms with van der Waals surface area (Å²) in [5.41, 5.74) is 5.67. The number of imidazole rings is 1. The first-order valence-corrected chi connectivity index (χ1v) is 15.6. The Balaban J connectivity index is 1.37. The lowest BCUT2D eigenvalue weighted by atomic mass is 9.95. The van der Waals surface area contributed by atoms with E-state index in [2.05, 4.69) is 35.2 Å². The summed E-state index contributed by atoms with van der Waals surface area (Å²) in [5, 5.41) is 11.1. The van der Waals surface area contributed by atoms with E-state index in [1.54, 1.807) is 24.7 Å². The SMILES string of the molecule is CC(C)(C)C(=O)Nc1cncc(-c2cnc3[nH]nc(-c4nc5c(-c6cc(F)cc(CNS(C)(=O)=O)c6)cccc5[nH]4)c3c2)c1. The van der Waals surface area contributed by atoms with E-state index in [1.165, 1.54) is 12.1 Å². The molecule has 4 N–H and O–H groups in total. The number of benzene rings is 2. The van der Waals surface area contributed by atoms with Crippen LogP contribution in [0.4, 0.5) is 10.1 Å². The largest absolute Gasteiger partial charge is 0.337 e. The number of H-pyrrole nitrogens is 2. The third-order valence-electron chi connectivity index (χ3n) is 6.97. The van der Waals surface area contributed by atoms with Crippen molar-refractivity contribution in [3.8, 4) is 33.8 Å². The van der Waals surface area contributed by atoms with E-state index >= 15 is 0 Å². The van der Waals surface area contributed by atoms with E-state index in [0.29, 0.717) is 56.0 Å². The third kappa shape index (κ3) is 6.05. The lowest BCUT2D eigenvalue weighted by Crippen LogP contribution is -2.27. The van der Waals surface area contributed by atoms with Gasteiger partial charge in [-0.3, -0.25) is 14.9 Å². The van der Waals surface area contributed by atoms with Crippen LogP contribution in [-0.2, 0) is 21.4 Å². The van der Waals surface area contributed by atoms with Crippen LogP contribution < -0.4 is 10.0 Å². The summed E-state index contributed by atoms with van der Waals surface area (Å²) in [4.78, 5) is 29.5. The molecular formula is C31H29FN8O3S. The Morgan fingerprint density at radius 3 is 2.57 bits per heavy atom. The molecule has 0 saturated carbocycles. The van der Waals surface area contributed by atoms with E-state index in [-0.39, 0.29) is 12.5 Å². The molecule has 0 aliphatic carbocycles. The zero-order chi connectivity index (χ0) is 31.2. The lowest BCUT2D eigenvalue weighted by molar-refractivity contribution is -0.123. The molecule has 0 aliphatic rings. The molecule has 0 atom stereocenters. The van der Waals surface area contributed by atoms with Crippen molar-refractivity contribution in [3.63, 3.8) is 0 Å². The first-order chi connectivity index (χ1) is 20.8. The van der Waals surface area contributed by atoms with Crippen molar-refractivity contribution in [2.24, 2.45) is 5.41 Å². The number of fused-ring (bicyclic) bond motifs is 2.